The van der Waals surface area contributed by atoms with Crippen molar-refractivity contribution in [1.29, 1.82) is 0 Å². The number of hydrogen-bond donors (Lipinski definition) is 2. The van der Waals surface area contributed by atoms with Gasteiger partial charge in [-0.2, -0.15) is 0 Å². The van der Waals surface area contributed by atoms with Crippen LogP contribution in [-0.4, -0.2) is 17.8 Å². The zero-order chi connectivity index (χ0) is 16.7. The molecule has 0 aliphatic heterocycles. The van der Waals surface area contributed by atoms with Crippen molar-refractivity contribution in [2.45, 2.75) is 30.4 Å². The van der Waals surface area contributed by atoms with Gasteiger partial charge in [0.15, 0.2) is 0 Å². The van der Waals surface area contributed by atoms with Gasteiger partial charge in [0, 0.05) is 16.3 Å². The summed E-state index contributed by atoms with van der Waals surface area (Å²) in [4.78, 5) is 13.5. The van der Waals surface area contributed by atoms with E-state index in [1.165, 1.54) is 0 Å². The molecule has 0 saturated heterocycles. The zero-order valence-corrected chi connectivity index (χ0v) is 14.2. The minimum atomic E-state index is -0.148. The molecule has 2 rings (SSSR count). The van der Waals surface area contributed by atoms with Gasteiger partial charge in [0.2, 0.25) is 5.91 Å². The van der Waals surface area contributed by atoms with Gasteiger partial charge < -0.3 is 15.8 Å². The quantitative estimate of drug-likeness (QED) is 0.590. The van der Waals surface area contributed by atoms with Crippen LogP contribution in [0.1, 0.15) is 20.3 Å². The molecule has 0 aliphatic rings. The molecule has 0 radical (unpaired) electrons. The summed E-state index contributed by atoms with van der Waals surface area (Å²) in [6, 6.07) is 15.0. The Kier molecular flexibility index (Phi) is 6.35. The van der Waals surface area contributed by atoms with Crippen molar-refractivity contribution < 1.29 is 9.53 Å². The molecule has 122 valence electrons. The van der Waals surface area contributed by atoms with E-state index in [1.807, 2.05) is 62.4 Å². The fourth-order valence-corrected chi connectivity index (χ4v) is 3.01. The van der Waals surface area contributed by atoms with Crippen LogP contribution in [0.25, 0.3) is 0 Å². The summed E-state index contributed by atoms with van der Waals surface area (Å²) >= 11 is 1.54. The third-order valence-electron chi connectivity index (χ3n) is 3.25. The van der Waals surface area contributed by atoms with Gasteiger partial charge in [-0.05, 0) is 61.9 Å². The lowest BCUT2D eigenvalue weighted by Gasteiger charge is -2.15. The molecule has 5 heteroatoms. The first-order valence-corrected chi connectivity index (χ1v) is 8.56. The van der Waals surface area contributed by atoms with E-state index in [2.05, 4.69) is 5.32 Å². The molecule has 0 saturated carbocycles. The van der Waals surface area contributed by atoms with Gasteiger partial charge in [-0.1, -0.05) is 6.92 Å². The molecular formula is C18H22N2O2S. The maximum absolute atomic E-state index is 12.4. The number of nitrogens with one attached hydrogen (secondary N) is 1. The van der Waals surface area contributed by atoms with E-state index < -0.39 is 0 Å². The molecule has 23 heavy (non-hydrogen) atoms. The van der Waals surface area contributed by atoms with E-state index in [0.717, 1.165) is 28.4 Å². The summed E-state index contributed by atoms with van der Waals surface area (Å²) in [5, 5.41) is 2.81. The molecule has 0 bridgehead atoms. The summed E-state index contributed by atoms with van der Waals surface area (Å²) in [5.41, 5.74) is 7.18. The van der Waals surface area contributed by atoms with Crippen molar-refractivity contribution in [1.82, 2.24) is 0 Å². The number of amides is 1. The fraction of sp³-hybridized carbons (Fsp3) is 0.278. The number of ether oxygens (including phenoxy) is 1. The van der Waals surface area contributed by atoms with Crippen LogP contribution >= 0.6 is 11.8 Å². The van der Waals surface area contributed by atoms with E-state index >= 15 is 0 Å². The Morgan fingerprint density at radius 2 is 1.78 bits per heavy atom. The Balaban J connectivity index is 1.97. The Labute approximate surface area is 141 Å². The lowest BCUT2D eigenvalue weighted by molar-refractivity contribution is -0.115. The van der Waals surface area contributed by atoms with Crippen molar-refractivity contribution >= 4 is 29.0 Å². The lowest BCUT2D eigenvalue weighted by atomic mass is 10.2. The summed E-state index contributed by atoms with van der Waals surface area (Å²) < 4.78 is 5.40. The third-order valence-corrected chi connectivity index (χ3v) is 4.63. The third kappa shape index (κ3) is 5.21. The molecule has 1 atom stereocenters. The average Bonchev–Trinajstić information content (AvgIpc) is 2.56. The first-order valence-electron chi connectivity index (χ1n) is 7.68. The van der Waals surface area contributed by atoms with Crippen molar-refractivity contribution in [3.05, 3.63) is 48.5 Å². The van der Waals surface area contributed by atoms with Gasteiger partial charge in [-0.15, -0.1) is 11.8 Å². The molecule has 0 aliphatic carbocycles. The van der Waals surface area contributed by atoms with Gasteiger partial charge in [0.05, 0.1) is 11.9 Å². The van der Waals surface area contributed by atoms with Crippen molar-refractivity contribution in [3.8, 4) is 5.75 Å². The summed E-state index contributed by atoms with van der Waals surface area (Å²) in [7, 11) is 0. The van der Waals surface area contributed by atoms with Crippen LogP contribution in [0.2, 0.25) is 0 Å². The van der Waals surface area contributed by atoms with Crippen LogP contribution in [0.5, 0.6) is 5.75 Å². The smallest absolute Gasteiger partial charge is 0.237 e. The highest BCUT2D eigenvalue weighted by Crippen LogP contribution is 2.27. The van der Waals surface area contributed by atoms with E-state index in [-0.39, 0.29) is 11.2 Å². The van der Waals surface area contributed by atoms with Crippen LogP contribution < -0.4 is 15.8 Å². The van der Waals surface area contributed by atoms with Crippen LogP contribution in [0.15, 0.2) is 53.4 Å². The van der Waals surface area contributed by atoms with Crippen LogP contribution in [0.3, 0.4) is 0 Å². The number of rotatable bonds is 7. The highest BCUT2D eigenvalue weighted by atomic mass is 32.2. The molecule has 0 spiro atoms. The molecular weight excluding hydrogens is 308 g/mol. The number of carbonyl (C=O) groups excluding carboxylic acids is 1. The van der Waals surface area contributed by atoms with Crippen LogP contribution in [-0.2, 0) is 4.79 Å². The standard InChI is InChI=1S/C18H22N2O2S/c1-3-17(23-16-11-5-13(19)6-12-16)18(21)20-14-7-9-15(10-8-14)22-4-2/h5-12,17H,3-4,19H2,1-2H3,(H,20,21). The lowest BCUT2D eigenvalue weighted by Crippen LogP contribution is -2.24. The average molecular weight is 330 g/mol. The number of nitrogens with two attached hydrogens (primary N) is 1. The molecule has 1 unspecified atom stereocenters. The fourth-order valence-electron chi connectivity index (χ4n) is 2.06. The number of anilines is 2. The highest BCUT2D eigenvalue weighted by molar-refractivity contribution is 8.00. The largest absolute Gasteiger partial charge is 0.494 e. The number of carbonyl (C=O) groups is 1. The minimum absolute atomic E-state index is 0.00140. The monoisotopic (exact) mass is 330 g/mol. The second-order valence-corrected chi connectivity index (χ2v) is 6.31. The van der Waals surface area contributed by atoms with E-state index in [9.17, 15) is 4.79 Å². The summed E-state index contributed by atoms with van der Waals surface area (Å²) in [6.45, 7) is 4.57. The number of thioether (sulfide) groups is 1. The molecule has 4 nitrogen and oxygen atoms in total. The van der Waals surface area contributed by atoms with E-state index in [4.69, 9.17) is 10.5 Å². The maximum Gasteiger partial charge on any atom is 0.237 e. The number of benzene rings is 2. The SMILES string of the molecule is CCOc1ccc(NC(=O)C(CC)Sc2ccc(N)cc2)cc1. The molecule has 0 fully saturated rings. The molecule has 0 aromatic heterocycles. The van der Waals surface area contributed by atoms with Crippen LogP contribution in [0, 0.1) is 0 Å². The number of hydrogen-bond acceptors (Lipinski definition) is 4. The predicted molar refractivity (Wildman–Crippen MR) is 97.0 cm³/mol. The van der Waals surface area contributed by atoms with Crippen molar-refractivity contribution in [2.24, 2.45) is 0 Å². The Morgan fingerprint density at radius 1 is 1.13 bits per heavy atom. The predicted octanol–water partition coefficient (Wildman–Crippen LogP) is 4.18. The second kappa shape index (κ2) is 8.48. The Morgan fingerprint density at radius 3 is 2.35 bits per heavy atom. The second-order valence-electron chi connectivity index (χ2n) is 5.03. The maximum atomic E-state index is 12.4. The topological polar surface area (TPSA) is 64.3 Å². The van der Waals surface area contributed by atoms with Crippen molar-refractivity contribution in [2.75, 3.05) is 17.7 Å². The van der Waals surface area contributed by atoms with Gasteiger partial charge in [0.25, 0.3) is 0 Å². The molecule has 1 amide bonds. The number of nitrogen functional groups attached to an aromatic ring is 1. The van der Waals surface area contributed by atoms with Gasteiger partial charge in [-0.3, -0.25) is 4.79 Å². The normalized spacial score (nSPS) is 11.7. The highest BCUT2D eigenvalue weighted by Gasteiger charge is 2.18. The van der Waals surface area contributed by atoms with E-state index in [0.29, 0.717) is 6.61 Å². The minimum Gasteiger partial charge on any atom is -0.494 e. The van der Waals surface area contributed by atoms with Crippen molar-refractivity contribution in [3.63, 3.8) is 0 Å². The Hall–Kier alpha value is -2.14. The van der Waals surface area contributed by atoms with Crippen LogP contribution in [0.4, 0.5) is 11.4 Å². The Bertz CT molecular complexity index is 626. The van der Waals surface area contributed by atoms with Gasteiger partial charge in [-0.25, -0.2) is 0 Å². The molecule has 3 N–H and O–H groups in total. The van der Waals surface area contributed by atoms with Gasteiger partial charge in [0.1, 0.15) is 5.75 Å². The first-order chi connectivity index (χ1) is 11.1. The van der Waals surface area contributed by atoms with E-state index in [1.54, 1.807) is 11.8 Å². The molecule has 0 heterocycles. The van der Waals surface area contributed by atoms with Gasteiger partial charge >= 0.3 is 0 Å². The molecule has 2 aromatic carbocycles. The summed E-state index contributed by atoms with van der Waals surface area (Å²) in [5.74, 6) is 0.798. The zero-order valence-electron chi connectivity index (χ0n) is 13.4. The molecule has 2 aromatic rings. The first kappa shape index (κ1) is 17.2. The summed E-state index contributed by atoms with van der Waals surface area (Å²) in [6.07, 6.45) is 0.748.